The third kappa shape index (κ3) is 9.27. The molecular weight excluding hydrogens is 562 g/mol. The van der Waals surface area contributed by atoms with Crippen molar-refractivity contribution in [3.63, 3.8) is 0 Å². The van der Waals surface area contributed by atoms with Gasteiger partial charge in [-0.15, -0.1) is 0 Å². The first-order valence-corrected chi connectivity index (χ1v) is 15.3. The first kappa shape index (κ1) is 32.9. The molecule has 0 radical (unpaired) electrons. The molecule has 11 heteroatoms. The van der Waals surface area contributed by atoms with Gasteiger partial charge >= 0.3 is 0 Å². The van der Waals surface area contributed by atoms with E-state index in [1.54, 1.807) is 38.1 Å². The second kappa shape index (κ2) is 15.2. The van der Waals surface area contributed by atoms with Crippen LogP contribution < -0.4 is 26.0 Å². The van der Waals surface area contributed by atoms with Gasteiger partial charge < -0.3 is 30.7 Å². The number of carbonyl (C=O) groups excluding carboxylic acids is 4. The van der Waals surface area contributed by atoms with Gasteiger partial charge in [-0.25, -0.2) is 0 Å². The Bertz CT molecular complexity index is 1320. The highest BCUT2D eigenvalue weighted by molar-refractivity contribution is 6.00. The highest BCUT2D eigenvalue weighted by Crippen LogP contribution is 2.20. The zero-order valence-electron chi connectivity index (χ0n) is 26.1. The molecular formula is C33H45N5O6. The number of hydrogen-bond acceptors (Lipinski definition) is 7. The van der Waals surface area contributed by atoms with E-state index in [1.165, 1.54) is 0 Å². The van der Waals surface area contributed by atoms with Crippen molar-refractivity contribution in [3.8, 4) is 5.75 Å². The van der Waals surface area contributed by atoms with Gasteiger partial charge in [-0.05, 0) is 49.4 Å². The highest BCUT2D eigenvalue weighted by atomic mass is 16.5. The van der Waals surface area contributed by atoms with Crippen LogP contribution in [0.1, 0.15) is 62.0 Å². The molecule has 0 aliphatic carbocycles. The smallest absolute Gasteiger partial charge is 0.255 e. The van der Waals surface area contributed by atoms with Gasteiger partial charge in [-0.2, -0.15) is 0 Å². The number of para-hydroxylation sites is 1. The van der Waals surface area contributed by atoms with Gasteiger partial charge in [0.2, 0.25) is 17.7 Å². The Morgan fingerprint density at radius 3 is 2.50 bits per heavy atom. The number of hydrogen-bond donors (Lipinski definition) is 4. The summed E-state index contributed by atoms with van der Waals surface area (Å²) in [6.45, 7) is 11.6. The molecule has 0 bridgehead atoms. The van der Waals surface area contributed by atoms with Crippen molar-refractivity contribution in [2.24, 2.45) is 5.92 Å². The van der Waals surface area contributed by atoms with Crippen molar-refractivity contribution >= 4 is 23.6 Å². The van der Waals surface area contributed by atoms with E-state index in [1.807, 2.05) is 26.0 Å². The summed E-state index contributed by atoms with van der Waals surface area (Å²) < 4.78 is 11.5. The number of morpholine rings is 1. The molecule has 0 unspecified atom stereocenters. The highest BCUT2D eigenvalue weighted by Gasteiger charge is 2.33. The monoisotopic (exact) mass is 607 g/mol. The Morgan fingerprint density at radius 1 is 1.02 bits per heavy atom. The van der Waals surface area contributed by atoms with E-state index in [0.29, 0.717) is 5.75 Å². The molecule has 1 saturated heterocycles. The number of benzene rings is 2. The minimum Gasteiger partial charge on any atom is -0.491 e. The molecule has 1 fully saturated rings. The normalized spacial score (nSPS) is 21.9. The molecule has 44 heavy (non-hydrogen) atoms. The number of nitrogens with one attached hydrogen (secondary N) is 4. The lowest BCUT2D eigenvalue weighted by molar-refractivity contribution is -0.133. The van der Waals surface area contributed by atoms with Crippen LogP contribution in [0.4, 0.5) is 0 Å². The van der Waals surface area contributed by atoms with Crippen molar-refractivity contribution in [2.45, 2.75) is 71.2 Å². The molecule has 0 saturated carbocycles. The molecule has 2 aliphatic rings. The van der Waals surface area contributed by atoms with Gasteiger partial charge in [0, 0.05) is 32.6 Å². The first-order valence-electron chi connectivity index (χ1n) is 15.3. The average Bonchev–Trinajstić information content (AvgIpc) is 3.00. The van der Waals surface area contributed by atoms with Crippen molar-refractivity contribution in [1.29, 1.82) is 0 Å². The number of amides is 4. The van der Waals surface area contributed by atoms with Gasteiger partial charge in [0.05, 0.1) is 24.8 Å². The van der Waals surface area contributed by atoms with Crippen LogP contribution in [-0.2, 0) is 32.2 Å². The Balaban J connectivity index is 1.50. The average molecular weight is 608 g/mol. The molecule has 0 spiro atoms. The van der Waals surface area contributed by atoms with Crippen LogP contribution in [0.25, 0.3) is 0 Å². The Labute approximate surface area is 259 Å². The SMILES string of the molecule is CC(C)[C@@H]1COc2ccccc2C(=O)N[C@H](C(=O)NCc2cccc(CN3CCOCC3)c2)CCC(=O)NC(C)(C)C(=O)N1. The van der Waals surface area contributed by atoms with E-state index in [2.05, 4.69) is 38.3 Å². The summed E-state index contributed by atoms with van der Waals surface area (Å²) in [5, 5.41) is 11.5. The first-order chi connectivity index (χ1) is 21.0. The van der Waals surface area contributed by atoms with Crippen molar-refractivity contribution in [2.75, 3.05) is 32.9 Å². The maximum absolute atomic E-state index is 13.5. The summed E-state index contributed by atoms with van der Waals surface area (Å²) in [4.78, 5) is 55.3. The Morgan fingerprint density at radius 2 is 1.75 bits per heavy atom. The summed E-state index contributed by atoms with van der Waals surface area (Å²) in [6.07, 6.45) is -0.0360. The van der Waals surface area contributed by atoms with Crippen LogP contribution >= 0.6 is 0 Å². The molecule has 2 atom stereocenters. The standard InChI is InChI=1S/C33H45N5O6/c1-22(2)27-21-44-28-11-6-5-10-25(28)30(40)35-26(12-13-29(39)37-33(3,4)32(42)36-27)31(41)34-19-23-8-7-9-24(18-23)20-38-14-16-43-17-15-38/h5-11,18,22,26-27H,12-17,19-21H2,1-4H3,(H,34,41)(H,35,40)(H,36,42)(H,37,39)/t26-,27-/m0/s1. The van der Waals surface area contributed by atoms with Gasteiger partial charge in [0.15, 0.2) is 0 Å². The summed E-state index contributed by atoms with van der Waals surface area (Å²) in [5.74, 6) is -1.30. The lowest BCUT2D eigenvalue weighted by Crippen LogP contribution is -2.58. The number of ether oxygens (including phenoxy) is 2. The number of nitrogens with zero attached hydrogens (tertiary/aromatic N) is 1. The van der Waals surface area contributed by atoms with Crippen molar-refractivity contribution in [3.05, 3.63) is 65.2 Å². The molecule has 2 aromatic carbocycles. The lowest BCUT2D eigenvalue weighted by Gasteiger charge is -2.30. The van der Waals surface area contributed by atoms with E-state index >= 15 is 0 Å². The topological polar surface area (TPSA) is 138 Å². The summed E-state index contributed by atoms with van der Waals surface area (Å²) in [7, 11) is 0. The zero-order chi connectivity index (χ0) is 31.7. The van der Waals surface area contributed by atoms with Crippen molar-refractivity contribution in [1.82, 2.24) is 26.2 Å². The second-order valence-electron chi connectivity index (χ2n) is 12.3. The van der Waals surface area contributed by atoms with Crippen LogP contribution in [0, 0.1) is 5.92 Å². The molecule has 4 N–H and O–H groups in total. The molecule has 2 heterocycles. The number of rotatable bonds is 6. The van der Waals surface area contributed by atoms with Crippen LogP contribution in [0.15, 0.2) is 48.5 Å². The van der Waals surface area contributed by atoms with Crippen molar-refractivity contribution < 1.29 is 28.7 Å². The fourth-order valence-electron chi connectivity index (χ4n) is 5.13. The van der Waals surface area contributed by atoms with Crippen LogP contribution in [-0.4, -0.2) is 79.1 Å². The second-order valence-corrected chi connectivity index (χ2v) is 12.3. The predicted octanol–water partition coefficient (Wildman–Crippen LogP) is 2.14. The Kier molecular flexibility index (Phi) is 11.4. The fraction of sp³-hybridized carbons (Fsp3) is 0.515. The maximum Gasteiger partial charge on any atom is 0.255 e. The molecule has 238 valence electrons. The lowest BCUT2D eigenvalue weighted by atomic mass is 10.00. The zero-order valence-corrected chi connectivity index (χ0v) is 26.1. The van der Waals surface area contributed by atoms with Gasteiger partial charge in [-0.1, -0.05) is 50.2 Å². The van der Waals surface area contributed by atoms with Crippen LogP contribution in [0.5, 0.6) is 5.75 Å². The van der Waals surface area contributed by atoms with Gasteiger partial charge in [-0.3, -0.25) is 24.1 Å². The number of fused-ring (bicyclic) bond motifs is 1. The van der Waals surface area contributed by atoms with E-state index in [9.17, 15) is 19.2 Å². The minimum absolute atomic E-state index is 0.0234. The van der Waals surface area contributed by atoms with E-state index in [4.69, 9.17) is 9.47 Å². The Hall–Kier alpha value is -3.96. The van der Waals surface area contributed by atoms with Crippen LogP contribution in [0.2, 0.25) is 0 Å². The van der Waals surface area contributed by atoms with Gasteiger partial charge in [0.25, 0.3) is 5.91 Å². The van der Waals surface area contributed by atoms with Crippen LogP contribution in [0.3, 0.4) is 0 Å². The molecule has 11 nitrogen and oxygen atoms in total. The number of carbonyl (C=O) groups is 4. The molecule has 2 aromatic rings. The summed E-state index contributed by atoms with van der Waals surface area (Å²) >= 11 is 0. The molecule has 4 rings (SSSR count). The third-order valence-electron chi connectivity index (χ3n) is 7.94. The van der Waals surface area contributed by atoms with E-state index < -0.39 is 29.3 Å². The minimum atomic E-state index is -1.20. The van der Waals surface area contributed by atoms with E-state index in [-0.39, 0.29) is 49.4 Å². The molecule has 0 aromatic heterocycles. The third-order valence-corrected chi connectivity index (χ3v) is 7.94. The maximum atomic E-state index is 13.5. The fourth-order valence-corrected chi connectivity index (χ4v) is 5.13. The van der Waals surface area contributed by atoms with Gasteiger partial charge in [0.1, 0.15) is 23.9 Å². The molecule has 4 amide bonds. The largest absolute Gasteiger partial charge is 0.491 e. The summed E-state index contributed by atoms with van der Waals surface area (Å²) in [5.41, 5.74) is 1.13. The summed E-state index contributed by atoms with van der Waals surface area (Å²) in [6, 6.07) is 13.4. The van der Waals surface area contributed by atoms with E-state index in [0.717, 1.165) is 44.0 Å². The predicted molar refractivity (Wildman–Crippen MR) is 166 cm³/mol. The quantitative estimate of drug-likeness (QED) is 0.395. The molecule has 2 aliphatic heterocycles.